The summed E-state index contributed by atoms with van der Waals surface area (Å²) >= 11 is 0. The van der Waals surface area contributed by atoms with Crippen LogP contribution < -0.4 is 5.73 Å². The average Bonchev–Trinajstić information content (AvgIpc) is 2.56. The first-order chi connectivity index (χ1) is 6.74. The molecule has 0 saturated carbocycles. The summed E-state index contributed by atoms with van der Waals surface area (Å²) in [5.74, 6) is 0. The molecule has 0 saturated heterocycles. The summed E-state index contributed by atoms with van der Waals surface area (Å²) in [6.07, 6.45) is 4.22. The van der Waals surface area contributed by atoms with Gasteiger partial charge in [-0.2, -0.15) is 0 Å². The predicted molar refractivity (Wildman–Crippen MR) is 59.1 cm³/mol. The lowest BCUT2D eigenvalue weighted by Gasteiger charge is -2.03. The summed E-state index contributed by atoms with van der Waals surface area (Å²) in [6, 6.07) is 10.1. The van der Waals surface area contributed by atoms with Gasteiger partial charge in [0.2, 0.25) is 0 Å². The fourth-order valence-corrected chi connectivity index (χ4v) is 1.49. The van der Waals surface area contributed by atoms with E-state index in [4.69, 9.17) is 5.73 Å². The predicted octanol–water partition coefficient (Wildman–Crippen LogP) is 2.43. The maximum Gasteiger partial charge on any atom is 0.0470 e. The molecule has 0 spiro atoms. The zero-order valence-electron chi connectivity index (χ0n) is 8.27. The Hall–Kier alpha value is -1.70. The lowest BCUT2D eigenvalue weighted by atomic mass is 10.2. The Morgan fingerprint density at radius 2 is 1.86 bits per heavy atom. The van der Waals surface area contributed by atoms with Gasteiger partial charge in [0.25, 0.3) is 0 Å². The van der Waals surface area contributed by atoms with E-state index in [1.807, 2.05) is 12.1 Å². The molecule has 0 aliphatic heterocycles. The number of rotatable bonds is 2. The van der Waals surface area contributed by atoms with Crippen molar-refractivity contribution in [2.45, 2.75) is 13.5 Å². The van der Waals surface area contributed by atoms with Crippen molar-refractivity contribution in [2.75, 3.05) is 5.73 Å². The van der Waals surface area contributed by atoms with Gasteiger partial charge in [0, 0.05) is 24.6 Å². The van der Waals surface area contributed by atoms with Crippen LogP contribution in [0.25, 0.3) is 0 Å². The van der Waals surface area contributed by atoms with Crippen molar-refractivity contribution in [1.82, 2.24) is 4.57 Å². The van der Waals surface area contributed by atoms with Crippen molar-refractivity contribution >= 4 is 5.69 Å². The summed E-state index contributed by atoms with van der Waals surface area (Å²) in [5, 5.41) is 0. The molecule has 1 aromatic carbocycles. The summed E-state index contributed by atoms with van der Waals surface area (Å²) < 4.78 is 2.17. The van der Waals surface area contributed by atoms with Crippen LogP contribution in [0.4, 0.5) is 5.69 Å². The first-order valence-electron chi connectivity index (χ1n) is 4.71. The second-order valence-electron chi connectivity index (χ2n) is 3.60. The minimum absolute atomic E-state index is 0.817. The number of hydrogen-bond donors (Lipinski definition) is 1. The molecule has 2 heteroatoms. The molecule has 0 bridgehead atoms. The van der Waals surface area contributed by atoms with E-state index in [0.29, 0.717) is 0 Å². The third-order valence-electron chi connectivity index (χ3n) is 2.24. The number of aromatic nitrogens is 1. The number of nitrogens with zero attached hydrogens (tertiary/aromatic N) is 1. The zero-order valence-corrected chi connectivity index (χ0v) is 8.27. The first kappa shape index (κ1) is 8.88. The fourth-order valence-electron chi connectivity index (χ4n) is 1.49. The van der Waals surface area contributed by atoms with E-state index in [2.05, 4.69) is 42.1 Å². The highest BCUT2D eigenvalue weighted by Gasteiger charge is 1.94. The number of nitrogen functional groups attached to an aromatic ring is 1. The van der Waals surface area contributed by atoms with Crippen LogP contribution in [-0.2, 0) is 6.54 Å². The van der Waals surface area contributed by atoms with Gasteiger partial charge in [0.15, 0.2) is 0 Å². The van der Waals surface area contributed by atoms with Gasteiger partial charge in [-0.15, -0.1) is 0 Å². The highest BCUT2D eigenvalue weighted by molar-refractivity contribution is 5.39. The van der Waals surface area contributed by atoms with Crippen molar-refractivity contribution in [3.63, 3.8) is 0 Å². The highest BCUT2D eigenvalue weighted by Crippen LogP contribution is 2.08. The normalized spacial score (nSPS) is 10.4. The monoisotopic (exact) mass is 186 g/mol. The zero-order chi connectivity index (χ0) is 9.97. The Kier molecular flexibility index (Phi) is 2.27. The maximum absolute atomic E-state index is 5.62. The van der Waals surface area contributed by atoms with Crippen LogP contribution in [0.2, 0.25) is 0 Å². The standard InChI is InChI=1S/C12H14N2/c1-10-6-7-14(8-10)9-11-2-4-12(13)5-3-11/h2-8H,9,13H2,1H3. The van der Waals surface area contributed by atoms with Gasteiger partial charge in [0.1, 0.15) is 0 Å². The molecule has 2 aromatic rings. The fraction of sp³-hybridized carbons (Fsp3) is 0.167. The molecule has 14 heavy (non-hydrogen) atoms. The van der Waals surface area contributed by atoms with E-state index < -0.39 is 0 Å². The Labute approximate surface area is 84.0 Å². The second kappa shape index (κ2) is 3.58. The van der Waals surface area contributed by atoms with Crippen LogP contribution in [-0.4, -0.2) is 4.57 Å². The number of nitrogens with two attached hydrogens (primary N) is 1. The van der Waals surface area contributed by atoms with Crippen LogP contribution in [0, 0.1) is 6.92 Å². The topological polar surface area (TPSA) is 30.9 Å². The Morgan fingerprint density at radius 1 is 1.14 bits per heavy atom. The lowest BCUT2D eigenvalue weighted by molar-refractivity contribution is 0.804. The van der Waals surface area contributed by atoms with E-state index in [0.717, 1.165) is 12.2 Å². The molecule has 0 aliphatic carbocycles. The van der Waals surface area contributed by atoms with Crippen LogP contribution >= 0.6 is 0 Å². The van der Waals surface area contributed by atoms with E-state index in [-0.39, 0.29) is 0 Å². The molecule has 0 amide bonds. The van der Waals surface area contributed by atoms with E-state index in [1.165, 1.54) is 11.1 Å². The summed E-state index contributed by atoms with van der Waals surface area (Å²) in [5.41, 5.74) is 9.00. The molecular formula is C12H14N2. The smallest absolute Gasteiger partial charge is 0.0470 e. The van der Waals surface area contributed by atoms with Crippen molar-refractivity contribution in [1.29, 1.82) is 0 Å². The Morgan fingerprint density at radius 3 is 2.43 bits per heavy atom. The molecule has 0 radical (unpaired) electrons. The van der Waals surface area contributed by atoms with Crippen molar-refractivity contribution in [2.24, 2.45) is 0 Å². The molecule has 0 unspecified atom stereocenters. The third kappa shape index (κ3) is 1.96. The number of anilines is 1. The van der Waals surface area contributed by atoms with Gasteiger partial charge >= 0.3 is 0 Å². The largest absolute Gasteiger partial charge is 0.399 e. The van der Waals surface area contributed by atoms with Gasteiger partial charge in [-0.25, -0.2) is 0 Å². The third-order valence-corrected chi connectivity index (χ3v) is 2.24. The van der Waals surface area contributed by atoms with Crippen LogP contribution in [0.15, 0.2) is 42.7 Å². The molecular weight excluding hydrogens is 172 g/mol. The second-order valence-corrected chi connectivity index (χ2v) is 3.60. The molecule has 2 nitrogen and oxygen atoms in total. The minimum atomic E-state index is 0.817. The van der Waals surface area contributed by atoms with E-state index >= 15 is 0 Å². The molecule has 0 aliphatic rings. The highest BCUT2D eigenvalue weighted by atomic mass is 14.9. The Balaban J connectivity index is 2.15. The number of benzene rings is 1. The number of hydrogen-bond acceptors (Lipinski definition) is 1. The van der Waals surface area contributed by atoms with Gasteiger partial charge in [0.05, 0.1) is 0 Å². The summed E-state index contributed by atoms with van der Waals surface area (Å²) in [7, 11) is 0. The van der Waals surface area contributed by atoms with Gasteiger partial charge in [-0.1, -0.05) is 12.1 Å². The van der Waals surface area contributed by atoms with E-state index in [9.17, 15) is 0 Å². The van der Waals surface area contributed by atoms with Crippen molar-refractivity contribution in [3.8, 4) is 0 Å². The summed E-state index contributed by atoms with van der Waals surface area (Å²) in [6.45, 7) is 3.01. The van der Waals surface area contributed by atoms with E-state index in [1.54, 1.807) is 0 Å². The molecule has 2 N–H and O–H groups in total. The molecule has 1 aromatic heterocycles. The quantitative estimate of drug-likeness (QED) is 0.717. The summed E-state index contributed by atoms with van der Waals surface area (Å²) in [4.78, 5) is 0. The minimum Gasteiger partial charge on any atom is -0.399 e. The average molecular weight is 186 g/mol. The molecule has 0 atom stereocenters. The number of aryl methyl sites for hydroxylation is 1. The van der Waals surface area contributed by atoms with Crippen LogP contribution in [0.5, 0.6) is 0 Å². The van der Waals surface area contributed by atoms with Crippen molar-refractivity contribution in [3.05, 3.63) is 53.9 Å². The first-order valence-corrected chi connectivity index (χ1v) is 4.71. The molecule has 1 heterocycles. The van der Waals surface area contributed by atoms with Crippen LogP contribution in [0.3, 0.4) is 0 Å². The molecule has 72 valence electrons. The lowest BCUT2D eigenvalue weighted by Crippen LogP contribution is -1.96. The van der Waals surface area contributed by atoms with Gasteiger partial charge in [-0.3, -0.25) is 0 Å². The van der Waals surface area contributed by atoms with Gasteiger partial charge in [-0.05, 0) is 36.2 Å². The molecule has 0 fully saturated rings. The van der Waals surface area contributed by atoms with Gasteiger partial charge < -0.3 is 10.3 Å². The maximum atomic E-state index is 5.62. The van der Waals surface area contributed by atoms with Crippen molar-refractivity contribution < 1.29 is 0 Å². The Bertz CT molecular complexity index is 412. The SMILES string of the molecule is Cc1ccn(Cc2ccc(N)cc2)c1. The van der Waals surface area contributed by atoms with Crippen LogP contribution in [0.1, 0.15) is 11.1 Å². The molecule has 2 rings (SSSR count).